The highest BCUT2D eigenvalue weighted by molar-refractivity contribution is 5.94. The normalized spacial score (nSPS) is 15.2. The monoisotopic (exact) mass is 414 g/mol. The van der Waals surface area contributed by atoms with E-state index >= 15 is 0 Å². The minimum Gasteiger partial charge on any atom is -0.355 e. The summed E-state index contributed by atoms with van der Waals surface area (Å²) in [7, 11) is 0. The maximum atomic E-state index is 12.9. The van der Waals surface area contributed by atoms with E-state index in [1.807, 2.05) is 58.3 Å². The number of benzene rings is 1. The Morgan fingerprint density at radius 2 is 1.63 bits per heavy atom. The Morgan fingerprint density at radius 1 is 0.900 bits per heavy atom. The van der Waals surface area contributed by atoms with E-state index in [9.17, 15) is 18.0 Å². The van der Waals surface area contributed by atoms with Crippen LogP contribution in [-0.4, -0.2) is 46.5 Å². The maximum absolute atomic E-state index is 12.9. The van der Waals surface area contributed by atoms with E-state index in [0.29, 0.717) is 37.6 Å². The molecule has 2 aromatic heterocycles. The second-order valence-corrected chi connectivity index (χ2v) is 7.17. The van der Waals surface area contributed by atoms with Crippen molar-refractivity contribution < 1.29 is 18.0 Å². The Bertz CT molecular complexity index is 983. The number of anilines is 1. The van der Waals surface area contributed by atoms with Crippen LogP contribution >= 0.6 is 0 Å². The predicted molar refractivity (Wildman–Crippen MR) is 108 cm³/mol. The molecule has 0 bridgehead atoms. The molecule has 0 atom stereocenters. The van der Waals surface area contributed by atoms with Gasteiger partial charge in [0.25, 0.3) is 5.91 Å². The van der Waals surface area contributed by atoms with E-state index in [1.165, 1.54) is 6.07 Å². The predicted octanol–water partition coefficient (Wildman–Crippen LogP) is 4.24. The molecule has 5 nitrogen and oxygen atoms in total. The zero-order valence-electron chi connectivity index (χ0n) is 16.2. The first-order chi connectivity index (χ1) is 14.4. The number of hydrogen-bond donors (Lipinski definition) is 0. The fraction of sp³-hybridized carbons (Fsp3) is 0.273. The van der Waals surface area contributed by atoms with Crippen LogP contribution < -0.4 is 4.90 Å². The van der Waals surface area contributed by atoms with Crippen molar-refractivity contribution in [3.63, 3.8) is 0 Å². The van der Waals surface area contributed by atoms with Crippen LogP contribution in [0, 0.1) is 0 Å². The Labute approximate surface area is 172 Å². The molecule has 1 fully saturated rings. The van der Waals surface area contributed by atoms with Gasteiger partial charge in [0.15, 0.2) is 0 Å². The molecule has 4 rings (SSSR count). The van der Waals surface area contributed by atoms with Crippen molar-refractivity contribution in [2.75, 3.05) is 31.1 Å². The van der Waals surface area contributed by atoms with Crippen molar-refractivity contribution in [2.24, 2.45) is 0 Å². The van der Waals surface area contributed by atoms with Gasteiger partial charge in [-0.3, -0.25) is 4.79 Å². The molecule has 0 aliphatic carbocycles. The minimum atomic E-state index is -4.40. The molecule has 156 valence electrons. The van der Waals surface area contributed by atoms with Gasteiger partial charge in [-0.05, 0) is 55.0 Å². The Kier molecular flexibility index (Phi) is 5.48. The van der Waals surface area contributed by atoms with Crippen molar-refractivity contribution in [2.45, 2.75) is 12.6 Å². The molecule has 30 heavy (non-hydrogen) atoms. The summed E-state index contributed by atoms with van der Waals surface area (Å²) in [6, 6.07) is 13.8. The fourth-order valence-electron chi connectivity index (χ4n) is 3.56. The summed E-state index contributed by atoms with van der Waals surface area (Å²) in [5.74, 6) is 0.449. The van der Waals surface area contributed by atoms with Gasteiger partial charge in [-0.25, -0.2) is 4.98 Å². The molecule has 0 saturated carbocycles. The Balaban J connectivity index is 1.40. The van der Waals surface area contributed by atoms with Crippen LogP contribution in [0.5, 0.6) is 0 Å². The second kappa shape index (κ2) is 8.22. The molecule has 1 aliphatic rings. The molecule has 1 aliphatic heterocycles. The molecule has 1 aromatic carbocycles. The lowest BCUT2D eigenvalue weighted by Crippen LogP contribution is -2.35. The van der Waals surface area contributed by atoms with Crippen molar-refractivity contribution in [3.8, 4) is 5.69 Å². The average molecular weight is 414 g/mol. The molecule has 1 amide bonds. The van der Waals surface area contributed by atoms with Crippen LogP contribution in [-0.2, 0) is 6.18 Å². The summed E-state index contributed by atoms with van der Waals surface area (Å²) >= 11 is 0. The summed E-state index contributed by atoms with van der Waals surface area (Å²) in [6.07, 6.45) is 1.06. The van der Waals surface area contributed by atoms with Gasteiger partial charge in [0, 0.05) is 56.0 Å². The van der Waals surface area contributed by atoms with Gasteiger partial charge in [0.2, 0.25) is 0 Å². The van der Waals surface area contributed by atoms with Crippen LogP contribution in [0.15, 0.2) is 67.1 Å². The van der Waals surface area contributed by atoms with Crippen molar-refractivity contribution in [1.29, 1.82) is 0 Å². The SMILES string of the molecule is O=C(c1ccc(-n2cccc2)cc1)N1CCCN(c2ccc(C(F)(F)F)cn2)CC1. The van der Waals surface area contributed by atoms with Crippen molar-refractivity contribution in [3.05, 3.63) is 78.2 Å². The lowest BCUT2D eigenvalue weighted by atomic mass is 10.1. The number of nitrogens with zero attached hydrogens (tertiary/aromatic N) is 4. The molecule has 0 unspecified atom stereocenters. The van der Waals surface area contributed by atoms with Gasteiger partial charge in [-0.2, -0.15) is 13.2 Å². The van der Waals surface area contributed by atoms with Crippen LogP contribution in [0.25, 0.3) is 5.69 Å². The summed E-state index contributed by atoms with van der Waals surface area (Å²) < 4.78 is 40.2. The number of alkyl halides is 3. The van der Waals surface area contributed by atoms with Crippen molar-refractivity contribution in [1.82, 2.24) is 14.5 Å². The number of carbonyl (C=O) groups is 1. The van der Waals surface area contributed by atoms with Crippen LogP contribution in [0.4, 0.5) is 19.0 Å². The third-order valence-corrected chi connectivity index (χ3v) is 5.20. The maximum Gasteiger partial charge on any atom is 0.417 e. The minimum absolute atomic E-state index is 0.0451. The highest BCUT2D eigenvalue weighted by atomic mass is 19.4. The van der Waals surface area contributed by atoms with Gasteiger partial charge in [-0.15, -0.1) is 0 Å². The van der Waals surface area contributed by atoms with Gasteiger partial charge in [-0.1, -0.05) is 0 Å². The quantitative estimate of drug-likeness (QED) is 0.644. The number of aromatic nitrogens is 2. The van der Waals surface area contributed by atoms with Gasteiger partial charge < -0.3 is 14.4 Å². The number of pyridine rings is 1. The molecular weight excluding hydrogens is 393 g/mol. The molecule has 0 spiro atoms. The molecule has 0 N–H and O–H groups in total. The number of amides is 1. The topological polar surface area (TPSA) is 41.4 Å². The number of carbonyl (C=O) groups excluding carboxylic acids is 1. The van der Waals surface area contributed by atoms with Crippen molar-refractivity contribution >= 4 is 11.7 Å². The molecule has 8 heteroatoms. The summed E-state index contributed by atoms with van der Waals surface area (Å²) in [4.78, 5) is 20.6. The molecule has 3 aromatic rings. The standard InChI is InChI=1S/C22H21F3N4O/c23-22(24,25)18-6-9-20(26-16-18)28-12-3-13-29(15-14-28)21(30)17-4-7-19(8-5-17)27-10-1-2-11-27/h1-2,4-11,16H,3,12-15H2. The van der Waals surface area contributed by atoms with Gasteiger partial charge in [0.05, 0.1) is 5.56 Å². The lowest BCUT2D eigenvalue weighted by molar-refractivity contribution is -0.137. The van der Waals surface area contributed by atoms with E-state index in [4.69, 9.17) is 0 Å². The molecule has 1 saturated heterocycles. The summed E-state index contributed by atoms with van der Waals surface area (Å²) in [5.41, 5.74) is 0.834. The zero-order chi connectivity index (χ0) is 21.1. The molecule has 0 radical (unpaired) electrons. The fourth-order valence-corrected chi connectivity index (χ4v) is 3.56. The molecule has 3 heterocycles. The second-order valence-electron chi connectivity index (χ2n) is 7.17. The zero-order valence-corrected chi connectivity index (χ0v) is 16.2. The Morgan fingerprint density at radius 3 is 2.27 bits per heavy atom. The van der Waals surface area contributed by atoms with E-state index in [2.05, 4.69) is 4.98 Å². The third kappa shape index (κ3) is 4.32. The first-order valence-electron chi connectivity index (χ1n) is 9.73. The van der Waals surface area contributed by atoms with E-state index in [1.54, 1.807) is 4.90 Å². The largest absolute Gasteiger partial charge is 0.417 e. The molecular formula is C22H21F3N4O. The lowest BCUT2D eigenvalue weighted by Gasteiger charge is -2.23. The van der Waals surface area contributed by atoms with Crippen LogP contribution in [0.3, 0.4) is 0 Å². The average Bonchev–Trinajstić information content (AvgIpc) is 3.17. The van der Waals surface area contributed by atoms with E-state index < -0.39 is 11.7 Å². The third-order valence-electron chi connectivity index (χ3n) is 5.20. The van der Waals surface area contributed by atoms with Crippen LogP contribution in [0.2, 0.25) is 0 Å². The van der Waals surface area contributed by atoms with Gasteiger partial charge >= 0.3 is 6.18 Å². The highest BCUT2D eigenvalue weighted by Gasteiger charge is 2.31. The number of rotatable bonds is 3. The number of hydrogen-bond acceptors (Lipinski definition) is 3. The summed E-state index contributed by atoms with van der Waals surface area (Å²) in [6.45, 7) is 2.23. The highest BCUT2D eigenvalue weighted by Crippen LogP contribution is 2.29. The van der Waals surface area contributed by atoms with E-state index in [-0.39, 0.29) is 5.91 Å². The number of halogens is 3. The summed E-state index contributed by atoms with van der Waals surface area (Å²) in [5, 5.41) is 0. The first kappa shape index (κ1) is 20.0. The van der Waals surface area contributed by atoms with Crippen LogP contribution in [0.1, 0.15) is 22.3 Å². The Hall–Kier alpha value is -3.29. The van der Waals surface area contributed by atoms with E-state index in [0.717, 1.165) is 24.4 Å². The smallest absolute Gasteiger partial charge is 0.355 e. The van der Waals surface area contributed by atoms with Gasteiger partial charge in [0.1, 0.15) is 5.82 Å². The first-order valence-corrected chi connectivity index (χ1v) is 9.73.